The van der Waals surface area contributed by atoms with E-state index in [0.717, 1.165) is 35.5 Å². The Morgan fingerprint density at radius 1 is 0.660 bits per heavy atom. The van der Waals surface area contributed by atoms with Gasteiger partial charge in [-0.1, -0.05) is 170 Å². The second kappa shape index (κ2) is 17.8. The maximum absolute atomic E-state index is 4.61. The van der Waals surface area contributed by atoms with Crippen LogP contribution in [0, 0.1) is 0 Å². The Bertz CT molecular complexity index is 2310. The second-order valence-electron chi connectivity index (χ2n) is 13.1. The predicted molar refractivity (Wildman–Crippen MR) is 234 cm³/mol. The summed E-state index contributed by atoms with van der Waals surface area (Å²) in [6.45, 7) is 13.1. The number of allylic oxidation sites excluding steroid dienone is 15. The van der Waals surface area contributed by atoms with Gasteiger partial charge in [-0.3, -0.25) is 0 Å². The van der Waals surface area contributed by atoms with Crippen LogP contribution in [0.25, 0.3) is 44.2 Å². The minimum atomic E-state index is 0.871. The lowest BCUT2D eigenvalue weighted by atomic mass is 9.87. The van der Waals surface area contributed by atoms with Crippen LogP contribution in [0.3, 0.4) is 0 Å². The summed E-state index contributed by atoms with van der Waals surface area (Å²) >= 11 is 0. The van der Waals surface area contributed by atoms with Crippen molar-refractivity contribution in [1.29, 1.82) is 0 Å². The molecule has 262 valence electrons. The monoisotopic (exact) mass is 687 g/mol. The largest absolute Gasteiger partial charge is 0.309 e. The number of benzene rings is 5. The van der Waals surface area contributed by atoms with Gasteiger partial charge in [-0.05, 0) is 120 Å². The van der Waals surface area contributed by atoms with Crippen molar-refractivity contribution in [3.8, 4) is 22.3 Å². The highest BCUT2D eigenvalue weighted by Gasteiger charge is 2.21. The molecular weight excluding hydrogens is 639 g/mol. The maximum atomic E-state index is 4.61. The van der Waals surface area contributed by atoms with Gasteiger partial charge in [0, 0.05) is 11.1 Å². The Morgan fingerprint density at radius 3 is 2.04 bits per heavy atom. The summed E-state index contributed by atoms with van der Waals surface area (Å²) < 4.78 is 0. The van der Waals surface area contributed by atoms with Crippen LogP contribution in [0.2, 0.25) is 0 Å². The fourth-order valence-corrected chi connectivity index (χ4v) is 7.06. The zero-order valence-corrected chi connectivity index (χ0v) is 31.5. The minimum Gasteiger partial charge on any atom is -0.309 e. The fraction of sp³-hybridized carbons (Fsp3) is 0.115. The molecule has 0 unspecified atom stereocenters. The maximum Gasteiger partial charge on any atom is 0.0540 e. The van der Waals surface area contributed by atoms with Gasteiger partial charge in [-0.15, -0.1) is 0 Å². The quantitative estimate of drug-likeness (QED) is 0.110. The van der Waals surface area contributed by atoms with E-state index < -0.39 is 0 Å². The van der Waals surface area contributed by atoms with E-state index in [1.165, 1.54) is 55.3 Å². The van der Waals surface area contributed by atoms with Gasteiger partial charge in [0.05, 0.1) is 11.4 Å². The Labute approximate surface area is 317 Å². The lowest BCUT2D eigenvalue weighted by Gasteiger charge is -2.30. The highest BCUT2D eigenvalue weighted by atomic mass is 15.2. The summed E-state index contributed by atoms with van der Waals surface area (Å²) in [6.07, 6.45) is 30.0. The van der Waals surface area contributed by atoms with Gasteiger partial charge in [-0.25, -0.2) is 0 Å². The summed E-state index contributed by atoms with van der Waals surface area (Å²) in [4.78, 5) is 2.38. The zero-order chi connectivity index (χ0) is 37.0. The molecular formula is C52H49N. The minimum absolute atomic E-state index is 0.871. The number of anilines is 2. The van der Waals surface area contributed by atoms with Crippen molar-refractivity contribution in [2.45, 2.75) is 40.5 Å². The smallest absolute Gasteiger partial charge is 0.0540 e. The van der Waals surface area contributed by atoms with Crippen molar-refractivity contribution in [1.82, 2.24) is 0 Å². The first kappa shape index (κ1) is 36.6. The first-order valence-corrected chi connectivity index (χ1v) is 18.6. The average molecular weight is 688 g/mol. The molecule has 1 aliphatic carbocycles. The average Bonchev–Trinajstić information content (AvgIpc) is 3.25. The molecule has 0 saturated carbocycles. The summed E-state index contributed by atoms with van der Waals surface area (Å²) in [5.74, 6) is 0. The predicted octanol–water partition coefficient (Wildman–Crippen LogP) is 15.2. The standard InChI is InChI=1S/C52H49N/c1-6-9-24-40(5)52-46(42-26-17-15-18-27-42)30-22-31-47(52)43-33-35-44(36-34-43)53(50-32-19-14-12-10-11-13-16-25-39(50)4)51-38-37-45(41(8-3)23-7-2)48-28-20-21-29-49(48)51/h6-11,14-38H,4,12-13H2,1-3,5H3/b9-6-,11-10-,19-14-,23-7-,25-16-,40-24+,41-8+,50-32+. The number of fused-ring (bicyclic) bond motifs is 1. The van der Waals surface area contributed by atoms with Crippen LogP contribution in [0.5, 0.6) is 0 Å². The van der Waals surface area contributed by atoms with Crippen LogP contribution in [-0.2, 0) is 0 Å². The molecule has 1 aliphatic rings. The third-order valence-corrected chi connectivity index (χ3v) is 9.62. The molecule has 0 fully saturated rings. The normalized spacial score (nSPS) is 17.1. The third-order valence-electron chi connectivity index (χ3n) is 9.62. The number of nitrogens with zero attached hydrogens (tertiary/aromatic N) is 1. The molecule has 0 heterocycles. The molecule has 0 bridgehead atoms. The number of rotatable bonds is 9. The first-order chi connectivity index (χ1) is 26.0. The molecule has 0 radical (unpaired) electrons. The van der Waals surface area contributed by atoms with Gasteiger partial charge in [0.15, 0.2) is 0 Å². The highest BCUT2D eigenvalue weighted by molar-refractivity contribution is 6.04. The van der Waals surface area contributed by atoms with Crippen molar-refractivity contribution in [2.75, 3.05) is 4.90 Å². The van der Waals surface area contributed by atoms with Crippen LogP contribution < -0.4 is 4.90 Å². The van der Waals surface area contributed by atoms with E-state index in [-0.39, 0.29) is 0 Å². The fourth-order valence-electron chi connectivity index (χ4n) is 7.06. The van der Waals surface area contributed by atoms with E-state index in [0.29, 0.717) is 0 Å². The van der Waals surface area contributed by atoms with Crippen LogP contribution in [0.4, 0.5) is 11.4 Å². The van der Waals surface area contributed by atoms with Crippen LogP contribution in [0.15, 0.2) is 206 Å². The lowest BCUT2D eigenvalue weighted by molar-refractivity contribution is 1.19. The molecule has 5 aromatic carbocycles. The molecule has 0 aliphatic heterocycles. The SMILES string of the molecule is C=C1/C=C\C/C=C\C/C=C\C=C/1N(c1ccc(-c2cccc(-c3ccccc3)c2/C(C)=C/C=C\C)cc1)c1ccc(C(/C=C\C)=C/C)c2ccccc12. The third kappa shape index (κ3) is 8.32. The Morgan fingerprint density at radius 2 is 1.34 bits per heavy atom. The van der Waals surface area contributed by atoms with Gasteiger partial charge in [0.25, 0.3) is 0 Å². The van der Waals surface area contributed by atoms with Crippen molar-refractivity contribution in [3.63, 3.8) is 0 Å². The molecule has 0 saturated heterocycles. The topological polar surface area (TPSA) is 3.24 Å². The van der Waals surface area contributed by atoms with E-state index in [9.17, 15) is 0 Å². The van der Waals surface area contributed by atoms with E-state index in [4.69, 9.17) is 0 Å². The first-order valence-electron chi connectivity index (χ1n) is 18.6. The van der Waals surface area contributed by atoms with Crippen molar-refractivity contribution in [2.24, 2.45) is 0 Å². The van der Waals surface area contributed by atoms with Crippen LogP contribution in [-0.4, -0.2) is 0 Å². The molecule has 1 heteroatoms. The molecule has 6 rings (SSSR count). The van der Waals surface area contributed by atoms with E-state index >= 15 is 0 Å². The molecule has 0 atom stereocenters. The molecule has 0 amide bonds. The molecule has 53 heavy (non-hydrogen) atoms. The second-order valence-corrected chi connectivity index (χ2v) is 13.1. The van der Waals surface area contributed by atoms with Crippen molar-refractivity contribution in [3.05, 3.63) is 217 Å². The van der Waals surface area contributed by atoms with Crippen LogP contribution in [0.1, 0.15) is 51.7 Å². The number of hydrogen-bond acceptors (Lipinski definition) is 1. The summed E-state index contributed by atoms with van der Waals surface area (Å²) in [5.41, 5.74) is 13.8. The van der Waals surface area contributed by atoms with E-state index in [1.807, 2.05) is 0 Å². The molecule has 1 nitrogen and oxygen atoms in total. The summed E-state index contributed by atoms with van der Waals surface area (Å²) in [5, 5.41) is 2.39. The highest BCUT2D eigenvalue weighted by Crippen LogP contribution is 2.42. The molecule has 0 N–H and O–H groups in total. The lowest BCUT2D eigenvalue weighted by Crippen LogP contribution is -2.18. The van der Waals surface area contributed by atoms with Crippen LogP contribution >= 0.6 is 0 Å². The summed E-state index contributed by atoms with van der Waals surface area (Å²) in [7, 11) is 0. The molecule has 0 aromatic heterocycles. The van der Waals surface area contributed by atoms with E-state index in [1.54, 1.807) is 0 Å². The van der Waals surface area contributed by atoms with Gasteiger partial charge in [-0.2, -0.15) is 0 Å². The Balaban J connectivity index is 1.56. The van der Waals surface area contributed by atoms with Gasteiger partial charge >= 0.3 is 0 Å². The Kier molecular flexibility index (Phi) is 12.3. The van der Waals surface area contributed by atoms with Crippen molar-refractivity contribution >= 4 is 33.3 Å². The van der Waals surface area contributed by atoms with E-state index in [2.05, 4.69) is 227 Å². The zero-order valence-electron chi connectivity index (χ0n) is 31.5. The molecule has 5 aromatic rings. The van der Waals surface area contributed by atoms with Crippen molar-refractivity contribution < 1.29 is 0 Å². The number of hydrogen-bond donors (Lipinski definition) is 0. The van der Waals surface area contributed by atoms with Gasteiger partial charge in [0.2, 0.25) is 0 Å². The summed E-state index contributed by atoms with van der Waals surface area (Å²) in [6, 6.07) is 39.7. The molecule has 0 spiro atoms. The van der Waals surface area contributed by atoms with Gasteiger partial charge in [0.1, 0.15) is 0 Å². The Hall–Kier alpha value is -6.18. The van der Waals surface area contributed by atoms with Gasteiger partial charge < -0.3 is 4.90 Å².